The lowest BCUT2D eigenvalue weighted by atomic mass is 10.2. The van der Waals surface area contributed by atoms with Crippen LogP contribution >= 0.6 is 11.3 Å². The van der Waals surface area contributed by atoms with Crippen LogP contribution in [-0.4, -0.2) is 28.0 Å². The molecule has 1 amide bonds. The highest BCUT2D eigenvalue weighted by atomic mass is 32.1. The lowest BCUT2D eigenvalue weighted by Gasteiger charge is -2.07. The lowest BCUT2D eigenvalue weighted by molar-refractivity contribution is -0.122. The molecule has 4 N–H and O–H groups in total. The molecule has 0 bridgehead atoms. The van der Waals surface area contributed by atoms with Crippen LogP contribution in [0.15, 0.2) is 5.38 Å². The van der Waals surface area contributed by atoms with E-state index in [2.05, 4.69) is 16.2 Å². The van der Waals surface area contributed by atoms with Crippen LogP contribution in [0.2, 0.25) is 0 Å². The molecule has 17 heavy (non-hydrogen) atoms. The SMILES string of the molecule is C#CCC(N)C(=O)NCc1nc(C(=O)O)cs1. The molecule has 0 aliphatic rings. The van der Waals surface area contributed by atoms with Gasteiger partial charge in [-0.15, -0.1) is 23.7 Å². The Labute approximate surface area is 102 Å². The second-order valence-electron chi connectivity index (χ2n) is 3.16. The Balaban J connectivity index is 2.48. The van der Waals surface area contributed by atoms with Gasteiger partial charge in [0, 0.05) is 11.8 Å². The van der Waals surface area contributed by atoms with E-state index < -0.39 is 12.0 Å². The number of carboxylic acid groups (broad SMARTS) is 1. The van der Waals surface area contributed by atoms with E-state index in [1.54, 1.807) is 0 Å². The number of terminal acetylenes is 1. The van der Waals surface area contributed by atoms with Crippen LogP contribution in [0.5, 0.6) is 0 Å². The molecule has 0 aliphatic carbocycles. The maximum Gasteiger partial charge on any atom is 0.355 e. The van der Waals surface area contributed by atoms with Crippen LogP contribution in [-0.2, 0) is 11.3 Å². The molecule has 1 aromatic heterocycles. The monoisotopic (exact) mass is 253 g/mol. The average Bonchev–Trinajstić information content (AvgIpc) is 2.75. The first-order valence-corrected chi connectivity index (χ1v) is 5.57. The van der Waals surface area contributed by atoms with Crippen molar-refractivity contribution < 1.29 is 14.7 Å². The van der Waals surface area contributed by atoms with Gasteiger partial charge in [0.15, 0.2) is 5.69 Å². The van der Waals surface area contributed by atoms with Gasteiger partial charge in [-0.3, -0.25) is 4.79 Å². The van der Waals surface area contributed by atoms with Crippen molar-refractivity contribution in [1.82, 2.24) is 10.3 Å². The van der Waals surface area contributed by atoms with Crippen molar-refractivity contribution in [3.05, 3.63) is 16.1 Å². The predicted octanol–water partition coefficient (Wildman–Crippen LogP) is -0.192. The van der Waals surface area contributed by atoms with Crippen LogP contribution < -0.4 is 11.1 Å². The number of carbonyl (C=O) groups is 2. The van der Waals surface area contributed by atoms with Crippen molar-refractivity contribution in [3.8, 4) is 12.3 Å². The molecule has 1 aromatic rings. The van der Waals surface area contributed by atoms with Crippen LogP contribution in [0.1, 0.15) is 21.9 Å². The van der Waals surface area contributed by atoms with Gasteiger partial charge < -0.3 is 16.2 Å². The fraction of sp³-hybridized carbons (Fsp3) is 0.300. The van der Waals surface area contributed by atoms with Crippen molar-refractivity contribution in [2.75, 3.05) is 0 Å². The second-order valence-corrected chi connectivity index (χ2v) is 4.11. The van der Waals surface area contributed by atoms with E-state index in [1.165, 1.54) is 5.38 Å². The quantitative estimate of drug-likeness (QED) is 0.631. The molecule has 0 spiro atoms. The third kappa shape index (κ3) is 3.86. The minimum absolute atomic E-state index is 0.0350. The highest BCUT2D eigenvalue weighted by Gasteiger charge is 2.13. The Morgan fingerprint density at radius 3 is 2.94 bits per heavy atom. The minimum atomic E-state index is -1.09. The van der Waals surface area contributed by atoms with Crippen molar-refractivity contribution >= 4 is 23.2 Å². The first-order valence-electron chi connectivity index (χ1n) is 4.69. The number of aromatic nitrogens is 1. The molecular weight excluding hydrogens is 242 g/mol. The zero-order valence-electron chi connectivity index (χ0n) is 8.84. The molecule has 1 heterocycles. The Morgan fingerprint density at radius 1 is 1.71 bits per heavy atom. The van der Waals surface area contributed by atoms with E-state index in [0.717, 1.165) is 11.3 Å². The van der Waals surface area contributed by atoms with Crippen molar-refractivity contribution in [3.63, 3.8) is 0 Å². The predicted molar refractivity (Wildman–Crippen MR) is 62.3 cm³/mol. The Morgan fingerprint density at radius 2 is 2.41 bits per heavy atom. The van der Waals surface area contributed by atoms with Gasteiger partial charge in [0.1, 0.15) is 5.01 Å². The fourth-order valence-electron chi connectivity index (χ4n) is 1.00. The Kier molecular flexibility index (Phi) is 4.63. The van der Waals surface area contributed by atoms with E-state index in [-0.39, 0.29) is 24.6 Å². The lowest BCUT2D eigenvalue weighted by Crippen LogP contribution is -2.39. The summed E-state index contributed by atoms with van der Waals surface area (Å²) in [6, 6.07) is -0.751. The maximum absolute atomic E-state index is 11.4. The van der Waals surface area contributed by atoms with E-state index >= 15 is 0 Å². The number of carbonyl (C=O) groups excluding carboxylic acids is 1. The van der Waals surface area contributed by atoms with Crippen LogP contribution in [0.25, 0.3) is 0 Å². The molecule has 0 fully saturated rings. The number of hydrogen-bond acceptors (Lipinski definition) is 5. The fourth-order valence-corrected chi connectivity index (χ4v) is 1.71. The number of amides is 1. The summed E-state index contributed by atoms with van der Waals surface area (Å²) in [7, 11) is 0. The molecule has 1 unspecified atom stereocenters. The van der Waals surface area contributed by atoms with Crippen LogP contribution in [0.4, 0.5) is 0 Å². The molecule has 0 radical (unpaired) electrons. The molecular formula is C10H11N3O3S. The number of nitrogens with zero attached hydrogens (tertiary/aromatic N) is 1. The van der Waals surface area contributed by atoms with Crippen LogP contribution in [0.3, 0.4) is 0 Å². The molecule has 0 saturated heterocycles. The highest BCUT2D eigenvalue weighted by molar-refractivity contribution is 7.09. The molecule has 90 valence electrons. The molecule has 0 aromatic carbocycles. The Bertz CT molecular complexity index is 464. The highest BCUT2D eigenvalue weighted by Crippen LogP contribution is 2.09. The maximum atomic E-state index is 11.4. The van der Waals surface area contributed by atoms with E-state index in [1.807, 2.05) is 0 Å². The summed E-state index contributed by atoms with van der Waals surface area (Å²) in [5, 5.41) is 13.1. The van der Waals surface area contributed by atoms with Crippen molar-refractivity contribution in [1.29, 1.82) is 0 Å². The first kappa shape index (κ1) is 13.2. The van der Waals surface area contributed by atoms with Gasteiger partial charge in [-0.25, -0.2) is 9.78 Å². The molecule has 1 rings (SSSR count). The molecule has 0 saturated carbocycles. The van der Waals surface area contributed by atoms with Gasteiger partial charge in [-0.1, -0.05) is 0 Å². The summed E-state index contributed by atoms with van der Waals surface area (Å²) in [6.07, 6.45) is 5.18. The smallest absolute Gasteiger partial charge is 0.355 e. The molecule has 7 heteroatoms. The summed E-state index contributed by atoms with van der Waals surface area (Å²) in [5.74, 6) is 0.815. The number of nitrogens with two attached hydrogens (primary N) is 1. The third-order valence-corrected chi connectivity index (χ3v) is 2.71. The zero-order valence-corrected chi connectivity index (χ0v) is 9.66. The molecule has 6 nitrogen and oxygen atoms in total. The van der Waals surface area contributed by atoms with Gasteiger partial charge in [-0.05, 0) is 0 Å². The van der Waals surface area contributed by atoms with Gasteiger partial charge in [-0.2, -0.15) is 0 Å². The summed E-state index contributed by atoms with van der Waals surface area (Å²) in [6.45, 7) is 0.148. The van der Waals surface area contributed by atoms with Gasteiger partial charge in [0.05, 0.1) is 12.6 Å². The average molecular weight is 253 g/mol. The second kappa shape index (κ2) is 5.98. The largest absolute Gasteiger partial charge is 0.476 e. The number of thiazole rings is 1. The summed E-state index contributed by atoms with van der Waals surface area (Å²) in [5.41, 5.74) is 5.44. The summed E-state index contributed by atoms with van der Waals surface area (Å²) >= 11 is 1.16. The van der Waals surface area contributed by atoms with Crippen molar-refractivity contribution in [2.45, 2.75) is 19.0 Å². The normalized spacial score (nSPS) is 11.5. The number of rotatable bonds is 5. The number of hydrogen-bond donors (Lipinski definition) is 3. The van der Waals surface area contributed by atoms with Gasteiger partial charge in [0.2, 0.25) is 5.91 Å². The van der Waals surface area contributed by atoms with Gasteiger partial charge in [0.25, 0.3) is 0 Å². The van der Waals surface area contributed by atoms with E-state index in [0.29, 0.717) is 5.01 Å². The minimum Gasteiger partial charge on any atom is -0.476 e. The van der Waals surface area contributed by atoms with Crippen molar-refractivity contribution in [2.24, 2.45) is 5.73 Å². The van der Waals surface area contributed by atoms with E-state index in [4.69, 9.17) is 17.3 Å². The number of carboxylic acids is 1. The summed E-state index contributed by atoms with van der Waals surface area (Å²) < 4.78 is 0. The topological polar surface area (TPSA) is 105 Å². The van der Waals surface area contributed by atoms with Gasteiger partial charge >= 0.3 is 5.97 Å². The third-order valence-electron chi connectivity index (χ3n) is 1.86. The first-order chi connectivity index (χ1) is 8.04. The number of aromatic carboxylic acids is 1. The zero-order chi connectivity index (χ0) is 12.8. The summed E-state index contributed by atoms with van der Waals surface area (Å²) in [4.78, 5) is 25.7. The van der Waals surface area contributed by atoms with E-state index in [9.17, 15) is 9.59 Å². The molecule has 0 aliphatic heterocycles. The molecule has 1 atom stereocenters. The Hall–Kier alpha value is -1.91. The number of nitrogens with one attached hydrogen (secondary N) is 1. The standard InChI is InChI=1S/C10H11N3O3S/c1-2-3-6(11)9(14)12-4-8-13-7(5-17-8)10(15)16/h1,5-6H,3-4,11H2,(H,12,14)(H,15,16). The van der Waals surface area contributed by atoms with Crippen LogP contribution in [0, 0.1) is 12.3 Å².